The van der Waals surface area contributed by atoms with Gasteiger partial charge in [0.05, 0.1) is 24.2 Å². The zero-order valence-corrected chi connectivity index (χ0v) is 19.3. The number of aliphatic carboxylic acids is 1. The number of ether oxygens (including phenoxy) is 1. The van der Waals surface area contributed by atoms with Crippen LogP contribution < -0.4 is 4.90 Å². The fourth-order valence-electron chi connectivity index (χ4n) is 3.30. The molecule has 0 amide bonds. The molecule has 0 aliphatic rings. The summed E-state index contributed by atoms with van der Waals surface area (Å²) in [7, 11) is 0. The van der Waals surface area contributed by atoms with Crippen LogP contribution in [0.4, 0.5) is 5.82 Å². The third-order valence-electron chi connectivity index (χ3n) is 4.85. The number of carbonyl (C=O) groups is 1. The number of hydrogen-bond acceptors (Lipinski definition) is 6. The summed E-state index contributed by atoms with van der Waals surface area (Å²) in [6.45, 7) is 5.30. The predicted octanol–water partition coefficient (Wildman–Crippen LogP) is 4.86. The lowest BCUT2D eigenvalue weighted by Crippen LogP contribution is -2.34. The van der Waals surface area contributed by atoms with Crippen molar-refractivity contribution in [1.29, 1.82) is 0 Å². The maximum atomic E-state index is 10.5. The summed E-state index contributed by atoms with van der Waals surface area (Å²) >= 11 is 1.74. The second-order valence-electron chi connectivity index (χ2n) is 7.50. The monoisotopic (exact) mass is 451 g/mol. The summed E-state index contributed by atoms with van der Waals surface area (Å²) in [4.78, 5) is 22.6. The number of thioether (sulfide) groups is 1. The highest BCUT2D eigenvalue weighted by atomic mass is 32.2. The van der Waals surface area contributed by atoms with Crippen LogP contribution in [0, 0.1) is 0 Å². The van der Waals surface area contributed by atoms with E-state index in [0.29, 0.717) is 6.61 Å². The van der Waals surface area contributed by atoms with Crippen LogP contribution in [-0.4, -0.2) is 58.3 Å². The topological polar surface area (TPSA) is 75.5 Å². The Bertz CT molecular complexity index is 984. The summed E-state index contributed by atoms with van der Waals surface area (Å²) in [5, 5.41) is 8.62. The van der Waals surface area contributed by atoms with E-state index in [0.717, 1.165) is 46.4 Å². The average molecular weight is 452 g/mol. The van der Waals surface area contributed by atoms with Crippen LogP contribution in [-0.2, 0) is 9.53 Å². The average Bonchev–Trinajstić information content (AvgIpc) is 2.81. The number of benzene rings is 2. The molecule has 0 saturated heterocycles. The lowest BCUT2D eigenvalue weighted by Gasteiger charge is -2.28. The molecule has 0 saturated carbocycles. The smallest absolute Gasteiger partial charge is 0.329 e. The van der Waals surface area contributed by atoms with Gasteiger partial charge in [-0.2, -0.15) is 11.8 Å². The van der Waals surface area contributed by atoms with E-state index in [1.807, 2.05) is 42.6 Å². The van der Waals surface area contributed by atoms with Crippen LogP contribution in [0.15, 0.2) is 66.9 Å². The molecule has 2 aromatic carbocycles. The first-order valence-electron chi connectivity index (χ1n) is 10.7. The molecular formula is C25H29N3O3S. The Morgan fingerprint density at radius 2 is 1.62 bits per heavy atom. The fraction of sp³-hybridized carbons (Fsp3) is 0.320. The molecule has 0 fully saturated rings. The van der Waals surface area contributed by atoms with Gasteiger partial charge >= 0.3 is 5.97 Å². The molecule has 0 spiro atoms. The van der Waals surface area contributed by atoms with E-state index in [-0.39, 0.29) is 12.6 Å². The molecule has 0 aliphatic carbocycles. The molecular weight excluding hydrogens is 422 g/mol. The van der Waals surface area contributed by atoms with Crippen LogP contribution in [0.5, 0.6) is 0 Å². The molecule has 0 bridgehead atoms. The van der Waals surface area contributed by atoms with Crippen LogP contribution in [0.2, 0.25) is 0 Å². The molecule has 32 heavy (non-hydrogen) atoms. The van der Waals surface area contributed by atoms with Crippen molar-refractivity contribution in [2.24, 2.45) is 0 Å². The molecule has 1 heterocycles. The van der Waals surface area contributed by atoms with E-state index in [1.165, 1.54) is 0 Å². The Morgan fingerprint density at radius 3 is 2.22 bits per heavy atom. The molecule has 0 radical (unpaired) electrons. The van der Waals surface area contributed by atoms with E-state index >= 15 is 0 Å². The number of rotatable bonds is 12. The largest absolute Gasteiger partial charge is 0.480 e. The van der Waals surface area contributed by atoms with Crippen molar-refractivity contribution in [3.05, 3.63) is 66.9 Å². The highest BCUT2D eigenvalue weighted by molar-refractivity contribution is 7.99. The maximum Gasteiger partial charge on any atom is 0.329 e. The molecule has 1 N–H and O–H groups in total. The van der Waals surface area contributed by atoms with Crippen molar-refractivity contribution < 1.29 is 14.6 Å². The van der Waals surface area contributed by atoms with Gasteiger partial charge in [0.25, 0.3) is 0 Å². The predicted molar refractivity (Wildman–Crippen MR) is 131 cm³/mol. The molecule has 0 atom stereocenters. The Morgan fingerprint density at radius 1 is 1.00 bits per heavy atom. The maximum absolute atomic E-state index is 10.5. The van der Waals surface area contributed by atoms with Gasteiger partial charge in [-0.3, -0.25) is 4.98 Å². The molecule has 0 aliphatic heterocycles. The summed E-state index contributed by atoms with van der Waals surface area (Å²) in [6.07, 6.45) is 1.86. The molecule has 168 valence electrons. The van der Waals surface area contributed by atoms with Crippen molar-refractivity contribution in [3.8, 4) is 22.5 Å². The second kappa shape index (κ2) is 12.2. The fourth-order valence-corrected chi connectivity index (χ4v) is 4.07. The highest BCUT2D eigenvalue weighted by Gasteiger charge is 2.17. The van der Waals surface area contributed by atoms with Crippen LogP contribution in [0.1, 0.15) is 13.8 Å². The minimum Gasteiger partial charge on any atom is -0.480 e. The summed E-state index contributed by atoms with van der Waals surface area (Å²) in [6, 6.07) is 20.6. The summed E-state index contributed by atoms with van der Waals surface area (Å²) < 4.78 is 5.10. The van der Waals surface area contributed by atoms with E-state index in [1.54, 1.807) is 11.8 Å². The van der Waals surface area contributed by atoms with Crippen molar-refractivity contribution in [2.45, 2.75) is 19.9 Å². The van der Waals surface area contributed by atoms with E-state index in [9.17, 15) is 4.79 Å². The van der Waals surface area contributed by atoms with Gasteiger partial charge < -0.3 is 14.7 Å². The van der Waals surface area contributed by atoms with E-state index in [2.05, 4.69) is 43.0 Å². The van der Waals surface area contributed by atoms with Gasteiger partial charge in [-0.15, -0.1) is 0 Å². The zero-order chi connectivity index (χ0) is 22.8. The van der Waals surface area contributed by atoms with Gasteiger partial charge in [-0.25, -0.2) is 9.78 Å². The number of carboxylic acids is 1. The molecule has 3 rings (SSSR count). The minimum atomic E-state index is -0.937. The Labute approximate surface area is 193 Å². The second-order valence-corrected chi connectivity index (χ2v) is 8.73. The molecule has 6 nitrogen and oxygen atoms in total. The molecule has 3 aromatic rings. The third kappa shape index (κ3) is 6.80. The van der Waals surface area contributed by atoms with Gasteiger partial charge in [0.2, 0.25) is 0 Å². The normalized spacial score (nSPS) is 11.0. The van der Waals surface area contributed by atoms with Crippen molar-refractivity contribution in [1.82, 2.24) is 9.97 Å². The first kappa shape index (κ1) is 23.8. The molecule has 7 heteroatoms. The molecule has 1 aromatic heterocycles. The first-order valence-corrected chi connectivity index (χ1v) is 11.8. The standard InChI is InChI=1S/C25H29N3O3S/c1-19(2)28(13-15-32-16-14-31-18-23(29)30)22-17-26-24(20-9-5-3-6-10-20)25(27-22)21-11-7-4-8-12-21/h3-12,17,19H,13-16,18H2,1-2H3,(H,29,30). The van der Waals surface area contributed by atoms with Gasteiger partial charge in [0.15, 0.2) is 0 Å². The lowest BCUT2D eigenvalue weighted by atomic mass is 10.0. The third-order valence-corrected chi connectivity index (χ3v) is 5.77. The van der Waals surface area contributed by atoms with Crippen LogP contribution in [0.25, 0.3) is 22.5 Å². The Kier molecular flexibility index (Phi) is 9.07. The van der Waals surface area contributed by atoms with Gasteiger partial charge in [0.1, 0.15) is 12.4 Å². The summed E-state index contributed by atoms with van der Waals surface area (Å²) in [5.41, 5.74) is 3.82. The number of hydrogen-bond donors (Lipinski definition) is 1. The number of aromatic nitrogens is 2. The SMILES string of the molecule is CC(C)N(CCSCCOCC(=O)O)c1cnc(-c2ccccc2)c(-c2ccccc2)n1. The summed E-state index contributed by atoms with van der Waals surface area (Å²) in [5.74, 6) is 1.55. The molecule has 0 unspecified atom stereocenters. The number of carboxylic acid groups (broad SMARTS) is 1. The van der Waals surface area contributed by atoms with Crippen LogP contribution >= 0.6 is 11.8 Å². The first-order chi connectivity index (χ1) is 15.6. The highest BCUT2D eigenvalue weighted by Crippen LogP contribution is 2.30. The minimum absolute atomic E-state index is 0.246. The Hall–Kier alpha value is -2.90. The van der Waals surface area contributed by atoms with E-state index in [4.69, 9.17) is 19.8 Å². The van der Waals surface area contributed by atoms with Crippen molar-refractivity contribution in [3.63, 3.8) is 0 Å². The van der Waals surface area contributed by atoms with Gasteiger partial charge in [-0.1, -0.05) is 60.7 Å². The Balaban J connectivity index is 1.77. The lowest BCUT2D eigenvalue weighted by molar-refractivity contribution is -0.141. The quantitative estimate of drug-likeness (QED) is 0.394. The van der Waals surface area contributed by atoms with Crippen molar-refractivity contribution in [2.75, 3.05) is 36.2 Å². The van der Waals surface area contributed by atoms with Gasteiger partial charge in [-0.05, 0) is 13.8 Å². The number of anilines is 1. The number of nitrogens with zero attached hydrogens (tertiary/aromatic N) is 3. The van der Waals surface area contributed by atoms with Crippen LogP contribution in [0.3, 0.4) is 0 Å². The van der Waals surface area contributed by atoms with E-state index < -0.39 is 5.97 Å². The zero-order valence-electron chi connectivity index (χ0n) is 18.5. The van der Waals surface area contributed by atoms with Gasteiger partial charge in [0, 0.05) is 35.2 Å². The van der Waals surface area contributed by atoms with Crippen molar-refractivity contribution >= 4 is 23.5 Å².